The van der Waals surface area contributed by atoms with Crippen molar-refractivity contribution in [1.82, 2.24) is 0 Å². The molecule has 0 fully saturated rings. The van der Waals surface area contributed by atoms with Gasteiger partial charge in [-0.15, -0.1) is 0 Å². The van der Waals surface area contributed by atoms with E-state index in [4.69, 9.17) is 16.7 Å². The van der Waals surface area contributed by atoms with Gasteiger partial charge in [0.1, 0.15) is 0 Å². The summed E-state index contributed by atoms with van der Waals surface area (Å²) in [4.78, 5) is 23.6. The lowest BCUT2D eigenvalue weighted by atomic mass is 10.2. The van der Waals surface area contributed by atoms with Gasteiger partial charge in [0.05, 0.1) is 12.8 Å². The summed E-state index contributed by atoms with van der Waals surface area (Å²) in [5.41, 5.74) is 1.64. The van der Waals surface area contributed by atoms with Crippen molar-refractivity contribution in [1.29, 1.82) is 0 Å². The lowest BCUT2D eigenvalue weighted by Crippen LogP contribution is -2.29. The van der Waals surface area contributed by atoms with Crippen molar-refractivity contribution >= 4 is 29.2 Å². The maximum Gasteiger partial charge on any atom is 0.305 e. The average Bonchev–Trinajstić information content (AvgIpc) is 2.51. The zero-order valence-corrected chi connectivity index (χ0v) is 9.20. The van der Waals surface area contributed by atoms with Gasteiger partial charge in [-0.3, -0.25) is 9.59 Å². The van der Waals surface area contributed by atoms with Crippen LogP contribution in [0.3, 0.4) is 0 Å². The number of aliphatic carboxylic acids is 1. The minimum absolute atomic E-state index is 0.0578. The van der Waals surface area contributed by atoms with Crippen molar-refractivity contribution < 1.29 is 14.7 Å². The summed E-state index contributed by atoms with van der Waals surface area (Å²) in [6.45, 7) is 0.196. The quantitative estimate of drug-likeness (QED) is 0.874. The number of fused-ring (bicyclic) bond motifs is 1. The summed E-state index contributed by atoms with van der Waals surface area (Å²) >= 11 is 5.84. The van der Waals surface area contributed by atoms with Gasteiger partial charge < -0.3 is 10.0 Å². The molecule has 16 heavy (non-hydrogen) atoms. The monoisotopic (exact) mass is 239 g/mol. The number of carbonyl (C=O) groups excluding carboxylic acids is 1. The lowest BCUT2D eigenvalue weighted by molar-refractivity contribution is -0.136. The highest BCUT2D eigenvalue weighted by molar-refractivity contribution is 6.31. The molecule has 0 spiro atoms. The normalized spacial score (nSPS) is 14.1. The number of benzene rings is 1. The molecule has 0 bridgehead atoms. The molecule has 0 saturated heterocycles. The van der Waals surface area contributed by atoms with Crippen LogP contribution in [0, 0.1) is 0 Å². The third kappa shape index (κ3) is 2.02. The van der Waals surface area contributed by atoms with Crippen LogP contribution in [0.25, 0.3) is 0 Å². The van der Waals surface area contributed by atoms with Crippen LogP contribution >= 0.6 is 11.6 Å². The number of halogens is 1. The zero-order valence-electron chi connectivity index (χ0n) is 8.44. The van der Waals surface area contributed by atoms with Gasteiger partial charge in [-0.1, -0.05) is 17.7 Å². The van der Waals surface area contributed by atoms with Crippen LogP contribution in [0.2, 0.25) is 5.02 Å². The number of amides is 1. The number of carboxylic acid groups (broad SMARTS) is 1. The Hall–Kier alpha value is -1.55. The van der Waals surface area contributed by atoms with E-state index in [2.05, 4.69) is 0 Å². The highest BCUT2D eigenvalue weighted by Gasteiger charge is 2.27. The fourth-order valence-corrected chi connectivity index (χ4v) is 1.95. The third-order valence-corrected chi connectivity index (χ3v) is 2.77. The summed E-state index contributed by atoms with van der Waals surface area (Å²) in [5.74, 6) is -0.984. The van der Waals surface area contributed by atoms with E-state index in [1.807, 2.05) is 0 Å². The van der Waals surface area contributed by atoms with E-state index >= 15 is 0 Å². The molecule has 0 radical (unpaired) electrons. The van der Waals surface area contributed by atoms with E-state index in [1.165, 1.54) is 4.90 Å². The first-order chi connectivity index (χ1) is 7.58. The molecular formula is C11H10ClNO3. The second kappa shape index (κ2) is 4.14. The Kier molecular flexibility index (Phi) is 2.83. The molecule has 1 amide bonds. The van der Waals surface area contributed by atoms with Crippen LogP contribution in [-0.2, 0) is 16.0 Å². The molecule has 0 atom stereocenters. The van der Waals surface area contributed by atoms with E-state index in [1.54, 1.807) is 18.2 Å². The van der Waals surface area contributed by atoms with Crippen molar-refractivity contribution in [3.8, 4) is 0 Å². The molecule has 1 aliphatic heterocycles. The predicted octanol–water partition coefficient (Wildman–Crippen LogP) is 1.70. The molecule has 0 unspecified atom stereocenters. The first-order valence-electron chi connectivity index (χ1n) is 4.88. The SMILES string of the molecule is O=C(O)CCN1C(=O)Cc2ccc(Cl)cc21. The minimum atomic E-state index is -0.914. The molecule has 2 rings (SSSR count). The smallest absolute Gasteiger partial charge is 0.305 e. The Balaban J connectivity index is 2.24. The highest BCUT2D eigenvalue weighted by atomic mass is 35.5. The van der Waals surface area contributed by atoms with Crippen molar-refractivity contribution in [2.75, 3.05) is 11.4 Å². The van der Waals surface area contributed by atoms with Crippen molar-refractivity contribution in [3.05, 3.63) is 28.8 Å². The second-order valence-electron chi connectivity index (χ2n) is 3.64. The van der Waals surface area contributed by atoms with Crippen LogP contribution in [-0.4, -0.2) is 23.5 Å². The topological polar surface area (TPSA) is 57.6 Å². The number of rotatable bonds is 3. The molecule has 5 heteroatoms. The van der Waals surface area contributed by atoms with Gasteiger partial charge in [-0.2, -0.15) is 0 Å². The van der Waals surface area contributed by atoms with E-state index in [-0.39, 0.29) is 18.9 Å². The molecule has 1 aromatic rings. The van der Waals surface area contributed by atoms with Crippen molar-refractivity contribution in [3.63, 3.8) is 0 Å². The summed E-state index contributed by atoms with van der Waals surface area (Å²) in [5, 5.41) is 9.15. The lowest BCUT2D eigenvalue weighted by Gasteiger charge is -2.16. The van der Waals surface area contributed by atoms with Crippen LogP contribution < -0.4 is 4.90 Å². The number of hydrogen-bond acceptors (Lipinski definition) is 2. The van der Waals surface area contributed by atoms with Crippen LogP contribution in [0.4, 0.5) is 5.69 Å². The number of nitrogens with zero attached hydrogens (tertiary/aromatic N) is 1. The van der Waals surface area contributed by atoms with Gasteiger partial charge in [-0.25, -0.2) is 0 Å². The molecule has 0 aromatic heterocycles. The molecule has 0 aliphatic carbocycles. The van der Waals surface area contributed by atoms with Gasteiger partial charge in [0.15, 0.2) is 0 Å². The first kappa shape index (κ1) is 11.0. The van der Waals surface area contributed by atoms with E-state index in [9.17, 15) is 9.59 Å². The molecule has 84 valence electrons. The Labute approximate surface area is 97.4 Å². The molecule has 4 nitrogen and oxygen atoms in total. The van der Waals surface area contributed by atoms with Crippen LogP contribution in [0.15, 0.2) is 18.2 Å². The summed E-state index contributed by atoms with van der Waals surface area (Å²) < 4.78 is 0. The molecule has 1 N–H and O–H groups in total. The van der Waals surface area contributed by atoms with Crippen LogP contribution in [0.1, 0.15) is 12.0 Å². The predicted molar refractivity (Wildman–Crippen MR) is 59.8 cm³/mol. The van der Waals surface area contributed by atoms with Crippen LogP contribution in [0.5, 0.6) is 0 Å². The Morgan fingerprint density at radius 3 is 2.94 bits per heavy atom. The summed E-state index contributed by atoms with van der Waals surface area (Å²) in [6.07, 6.45) is 0.268. The fourth-order valence-electron chi connectivity index (χ4n) is 1.78. The number of carbonyl (C=O) groups is 2. The maximum absolute atomic E-state index is 11.6. The van der Waals surface area contributed by atoms with E-state index in [0.29, 0.717) is 11.4 Å². The Morgan fingerprint density at radius 2 is 2.25 bits per heavy atom. The minimum Gasteiger partial charge on any atom is -0.481 e. The van der Waals surface area contributed by atoms with E-state index in [0.717, 1.165) is 11.3 Å². The Bertz CT molecular complexity index is 459. The standard InChI is InChI=1S/C11H10ClNO3/c12-8-2-1-7-5-10(14)13(9(7)6-8)4-3-11(15)16/h1-2,6H,3-5H2,(H,15,16). The Morgan fingerprint density at radius 1 is 1.50 bits per heavy atom. The van der Waals surface area contributed by atoms with Gasteiger partial charge >= 0.3 is 5.97 Å². The molecule has 1 aromatic carbocycles. The summed E-state index contributed by atoms with van der Waals surface area (Å²) in [6, 6.07) is 5.23. The number of carboxylic acids is 1. The molecule has 1 heterocycles. The average molecular weight is 240 g/mol. The van der Waals surface area contributed by atoms with Crippen molar-refractivity contribution in [2.45, 2.75) is 12.8 Å². The molecular weight excluding hydrogens is 230 g/mol. The van der Waals surface area contributed by atoms with Crippen molar-refractivity contribution in [2.24, 2.45) is 0 Å². The number of anilines is 1. The zero-order chi connectivity index (χ0) is 11.7. The van der Waals surface area contributed by atoms with E-state index < -0.39 is 5.97 Å². The number of hydrogen-bond donors (Lipinski definition) is 1. The largest absolute Gasteiger partial charge is 0.481 e. The summed E-state index contributed by atoms with van der Waals surface area (Å²) in [7, 11) is 0. The second-order valence-corrected chi connectivity index (χ2v) is 4.08. The highest BCUT2D eigenvalue weighted by Crippen LogP contribution is 2.31. The molecule has 1 aliphatic rings. The molecule has 0 saturated carbocycles. The first-order valence-corrected chi connectivity index (χ1v) is 5.26. The van der Waals surface area contributed by atoms with Gasteiger partial charge in [0.25, 0.3) is 0 Å². The van der Waals surface area contributed by atoms with Gasteiger partial charge in [0, 0.05) is 17.3 Å². The van der Waals surface area contributed by atoms with Gasteiger partial charge in [-0.05, 0) is 17.7 Å². The maximum atomic E-state index is 11.6. The third-order valence-electron chi connectivity index (χ3n) is 2.53. The van der Waals surface area contributed by atoms with Gasteiger partial charge in [0.2, 0.25) is 5.91 Å². The fraction of sp³-hybridized carbons (Fsp3) is 0.273.